The Balaban J connectivity index is 2.31. The summed E-state index contributed by atoms with van der Waals surface area (Å²) in [4.78, 5) is 13.9. The minimum absolute atomic E-state index is 0.0169. The lowest BCUT2D eigenvalue weighted by molar-refractivity contribution is -0.127. The molecule has 1 aliphatic heterocycles. The maximum atomic E-state index is 12.0. The molecule has 1 heterocycles. The summed E-state index contributed by atoms with van der Waals surface area (Å²) >= 11 is 3.47. The van der Waals surface area contributed by atoms with Crippen molar-refractivity contribution in [3.63, 3.8) is 0 Å². The maximum absolute atomic E-state index is 12.0. The third-order valence-corrected chi connectivity index (χ3v) is 3.92. The van der Waals surface area contributed by atoms with Crippen molar-refractivity contribution in [2.75, 3.05) is 31.7 Å². The molecule has 1 fully saturated rings. The molecule has 0 aliphatic carbocycles. The molecule has 1 amide bonds. The fraction of sp³-hybridized carbons (Fsp3) is 0.462. The van der Waals surface area contributed by atoms with Crippen LogP contribution in [0, 0.1) is 6.92 Å². The zero-order chi connectivity index (χ0) is 13.1. The Morgan fingerprint density at radius 1 is 1.56 bits per heavy atom. The third-order valence-electron chi connectivity index (χ3n) is 3.03. The van der Waals surface area contributed by atoms with Crippen LogP contribution >= 0.6 is 15.9 Å². The van der Waals surface area contributed by atoms with Gasteiger partial charge >= 0.3 is 0 Å². The summed E-state index contributed by atoms with van der Waals surface area (Å²) in [5, 5.41) is 3.10. The van der Waals surface area contributed by atoms with Crippen molar-refractivity contribution < 1.29 is 9.53 Å². The van der Waals surface area contributed by atoms with Crippen molar-refractivity contribution in [1.82, 2.24) is 5.32 Å². The van der Waals surface area contributed by atoms with Crippen LogP contribution < -0.4 is 10.2 Å². The van der Waals surface area contributed by atoms with Crippen molar-refractivity contribution >= 4 is 27.5 Å². The number of anilines is 1. The van der Waals surface area contributed by atoms with Crippen LogP contribution in [-0.2, 0) is 9.53 Å². The van der Waals surface area contributed by atoms with Gasteiger partial charge in [-0.2, -0.15) is 0 Å². The Hall–Kier alpha value is -0.910. The van der Waals surface area contributed by atoms with Crippen molar-refractivity contribution in [2.45, 2.75) is 13.0 Å². The molecule has 0 bridgehead atoms. The molecule has 2 rings (SSSR count). The first kappa shape index (κ1) is 13.5. The maximum Gasteiger partial charge on any atom is 0.253 e. The predicted molar refractivity (Wildman–Crippen MR) is 74.9 cm³/mol. The minimum atomic E-state index is 0.0169. The molecule has 0 radical (unpaired) electrons. The number of benzene rings is 1. The average Bonchev–Trinajstić information content (AvgIpc) is 2.34. The van der Waals surface area contributed by atoms with E-state index in [1.165, 1.54) is 0 Å². The van der Waals surface area contributed by atoms with Gasteiger partial charge in [0.1, 0.15) is 6.61 Å². The number of carbonyl (C=O) groups excluding carboxylic acids is 1. The number of likely N-dealkylation sites (N-methyl/N-ethyl adjacent to an activating group) is 1. The van der Waals surface area contributed by atoms with E-state index in [2.05, 4.69) is 21.2 Å². The summed E-state index contributed by atoms with van der Waals surface area (Å²) in [7, 11) is 1.88. The Morgan fingerprint density at radius 2 is 2.33 bits per heavy atom. The molecule has 18 heavy (non-hydrogen) atoms. The Kier molecular flexibility index (Phi) is 4.37. The summed E-state index contributed by atoms with van der Waals surface area (Å²) in [5.74, 6) is 0.0169. The second kappa shape index (κ2) is 5.82. The lowest BCUT2D eigenvalue weighted by Gasteiger charge is -2.35. The van der Waals surface area contributed by atoms with E-state index < -0.39 is 0 Å². The number of nitrogens with one attached hydrogen (secondary N) is 1. The number of hydrogen-bond donors (Lipinski definition) is 1. The van der Waals surface area contributed by atoms with Crippen LogP contribution in [0.1, 0.15) is 5.56 Å². The standard InChI is InChI=1S/C13H17BrN2O2/c1-9-5-10(3-4-12(9)14)16-11(6-15-2)7-18-8-13(16)17/h3-5,11,15H,6-8H2,1-2H3. The van der Waals surface area contributed by atoms with Gasteiger partial charge in [-0.25, -0.2) is 0 Å². The number of amides is 1. The highest BCUT2D eigenvalue weighted by Crippen LogP contribution is 2.25. The van der Waals surface area contributed by atoms with Gasteiger partial charge in [-0.15, -0.1) is 0 Å². The number of halogens is 1. The van der Waals surface area contributed by atoms with Crippen LogP contribution in [-0.4, -0.2) is 38.8 Å². The predicted octanol–water partition coefficient (Wildman–Crippen LogP) is 1.71. The summed E-state index contributed by atoms with van der Waals surface area (Å²) in [5.41, 5.74) is 2.05. The zero-order valence-electron chi connectivity index (χ0n) is 10.6. The molecule has 1 aromatic carbocycles. The monoisotopic (exact) mass is 312 g/mol. The molecule has 1 N–H and O–H groups in total. The van der Waals surface area contributed by atoms with Gasteiger partial charge < -0.3 is 15.0 Å². The first-order valence-corrected chi connectivity index (χ1v) is 6.73. The summed E-state index contributed by atoms with van der Waals surface area (Å²) in [6.45, 7) is 3.48. The van der Waals surface area contributed by atoms with Crippen LogP contribution in [0.25, 0.3) is 0 Å². The number of hydrogen-bond acceptors (Lipinski definition) is 3. The van der Waals surface area contributed by atoms with Gasteiger partial charge in [0.05, 0.1) is 12.6 Å². The number of ether oxygens (including phenoxy) is 1. The first-order valence-electron chi connectivity index (χ1n) is 5.94. The lowest BCUT2D eigenvalue weighted by Crippen LogP contribution is -2.53. The molecular formula is C13H17BrN2O2. The minimum Gasteiger partial charge on any atom is -0.369 e. The molecule has 1 aromatic rings. The molecule has 1 aliphatic rings. The van der Waals surface area contributed by atoms with Crippen LogP contribution in [0.2, 0.25) is 0 Å². The van der Waals surface area contributed by atoms with E-state index in [1.807, 2.05) is 37.1 Å². The van der Waals surface area contributed by atoms with Gasteiger partial charge in [-0.1, -0.05) is 15.9 Å². The molecule has 0 spiro atoms. The molecule has 5 heteroatoms. The number of carbonyl (C=O) groups is 1. The number of rotatable bonds is 3. The van der Waals surface area contributed by atoms with Gasteiger partial charge in [-0.05, 0) is 37.7 Å². The quantitative estimate of drug-likeness (QED) is 0.924. The van der Waals surface area contributed by atoms with E-state index in [4.69, 9.17) is 4.74 Å². The van der Waals surface area contributed by atoms with E-state index in [9.17, 15) is 4.79 Å². The van der Waals surface area contributed by atoms with E-state index >= 15 is 0 Å². The smallest absolute Gasteiger partial charge is 0.253 e. The van der Waals surface area contributed by atoms with Crippen LogP contribution in [0.5, 0.6) is 0 Å². The Bertz CT molecular complexity index is 449. The fourth-order valence-corrected chi connectivity index (χ4v) is 2.40. The van der Waals surface area contributed by atoms with Crippen LogP contribution in [0.3, 0.4) is 0 Å². The molecule has 98 valence electrons. The third kappa shape index (κ3) is 2.74. The largest absolute Gasteiger partial charge is 0.369 e. The number of nitrogens with zero attached hydrogens (tertiary/aromatic N) is 1. The Morgan fingerprint density at radius 3 is 3.00 bits per heavy atom. The van der Waals surface area contributed by atoms with Gasteiger partial charge in [0.15, 0.2) is 0 Å². The molecular weight excluding hydrogens is 296 g/mol. The summed E-state index contributed by atoms with van der Waals surface area (Å²) < 4.78 is 6.37. The molecule has 0 aromatic heterocycles. The second-order valence-electron chi connectivity index (χ2n) is 4.42. The first-order chi connectivity index (χ1) is 8.63. The van der Waals surface area contributed by atoms with Gasteiger partial charge in [0.2, 0.25) is 0 Å². The summed E-state index contributed by atoms with van der Waals surface area (Å²) in [6, 6.07) is 6.01. The van der Waals surface area contributed by atoms with Gasteiger partial charge in [0.25, 0.3) is 5.91 Å². The van der Waals surface area contributed by atoms with Crippen molar-refractivity contribution in [1.29, 1.82) is 0 Å². The molecule has 1 unspecified atom stereocenters. The zero-order valence-corrected chi connectivity index (χ0v) is 12.2. The van der Waals surface area contributed by atoms with Gasteiger partial charge in [0, 0.05) is 16.7 Å². The highest BCUT2D eigenvalue weighted by atomic mass is 79.9. The average molecular weight is 313 g/mol. The van der Waals surface area contributed by atoms with Crippen molar-refractivity contribution in [2.24, 2.45) is 0 Å². The second-order valence-corrected chi connectivity index (χ2v) is 5.28. The number of aryl methyl sites for hydroxylation is 1. The topological polar surface area (TPSA) is 41.6 Å². The van der Waals surface area contributed by atoms with E-state index in [0.717, 1.165) is 22.3 Å². The SMILES string of the molecule is CNCC1COCC(=O)N1c1ccc(Br)c(C)c1. The summed E-state index contributed by atoms with van der Waals surface area (Å²) in [6.07, 6.45) is 0. The highest BCUT2D eigenvalue weighted by Gasteiger charge is 2.29. The van der Waals surface area contributed by atoms with E-state index in [1.54, 1.807) is 0 Å². The van der Waals surface area contributed by atoms with Gasteiger partial charge in [-0.3, -0.25) is 4.79 Å². The molecule has 4 nitrogen and oxygen atoms in total. The molecule has 1 saturated heterocycles. The number of morpholine rings is 1. The fourth-order valence-electron chi connectivity index (χ4n) is 2.15. The van der Waals surface area contributed by atoms with Crippen LogP contribution in [0.4, 0.5) is 5.69 Å². The molecule has 0 saturated carbocycles. The lowest BCUT2D eigenvalue weighted by atomic mass is 10.1. The van der Waals surface area contributed by atoms with Crippen LogP contribution in [0.15, 0.2) is 22.7 Å². The van der Waals surface area contributed by atoms with Crippen molar-refractivity contribution in [3.8, 4) is 0 Å². The normalized spacial score (nSPS) is 20.3. The Labute approximate surface area is 115 Å². The van der Waals surface area contributed by atoms with E-state index in [-0.39, 0.29) is 18.6 Å². The van der Waals surface area contributed by atoms with Crippen molar-refractivity contribution in [3.05, 3.63) is 28.2 Å². The molecule has 1 atom stereocenters. The highest BCUT2D eigenvalue weighted by molar-refractivity contribution is 9.10. The van der Waals surface area contributed by atoms with E-state index in [0.29, 0.717) is 6.61 Å².